The van der Waals surface area contributed by atoms with Crippen molar-refractivity contribution in [3.05, 3.63) is 35.9 Å². The number of hydrogen-bond donors (Lipinski definition) is 9. The van der Waals surface area contributed by atoms with Gasteiger partial charge in [0, 0.05) is 32.7 Å². The van der Waals surface area contributed by atoms with Gasteiger partial charge >= 0.3 is 0 Å². The number of benzene rings is 1. The summed E-state index contributed by atoms with van der Waals surface area (Å²) < 4.78 is 5.23. The Kier molecular flexibility index (Phi) is 415. The van der Waals surface area contributed by atoms with Gasteiger partial charge in [-0.15, -0.1) is 0 Å². The lowest BCUT2D eigenvalue weighted by molar-refractivity contribution is -0.129. The lowest BCUT2D eigenvalue weighted by Gasteiger charge is -2.24. The van der Waals surface area contributed by atoms with Crippen molar-refractivity contribution in [2.75, 3.05) is 54.9 Å². The fourth-order valence-electron chi connectivity index (χ4n) is 2.36. The average molecular weight is 1020 g/mol. The molecule has 0 spiro atoms. The van der Waals surface area contributed by atoms with Crippen LogP contribution in [0.25, 0.3) is 0 Å². The molecule has 1 aliphatic rings. The molecular weight excluding hydrogens is 891 g/mol. The molecule has 20 N–H and O–H groups in total. The highest BCUT2D eigenvalue weighted by Gasteiger charge is 2.11. The van der Waals surface area contributed by atoms with Crippen LogP contribution in [0.2, 0.25) is 0 Å². The molecule has 0 saturated carbocycles. The first-order valence-electron chi connectivity index (χ1n) is 21.4. The minimum atomic E-state index is -0.167. The topological polar surface area (TPSA) is 421 Å². The van der Waals surface area contributed by atoms with Gasteiger partial charge in [-0.3, -0.25) is 4.79 Å². The third-order valence-corrected chi connectivity index (χ3v) is 5.26. The Morgan fingerprint density at radius 2 is 0.754 bits per heavy atom. The second-order valence-corrected chi connectivity index (χ2v) is 11.6. The fraction of sp³-hybridized carbons (Fsp3) is 0.694. The molecule has 0 aromatic heterocycles. The van der Waals surface area contributed by atoms with E-state index in [0.29, 0.717) is 0 Å². The SMILES string of the molecule is C=O.C=O.C=O.C=O.C=O.C=O.C=O.C=O.CC.CC(=O)N1CCCCC1.CC(C)O.CCC(C)C.CCC(C)C.CCOC(C)(C)C.CCc1ccccc1.CN.CN.CN.CN.CN.N.N.N. The van der Waals surface area contributed by atoms with Crippen molar-refractivity contribution in [3.63, 3.8) is 0 Å². The Morgan fingerprint density at radius 1 is 0.551 bits per heavy atom. The summed E-state index contributed by atoms with van der Waals surface area (Å²) >= 11 is 0. The minimum absolute atomic E-state index is 0. The molecule has 2 rings (SSSR count). The van der Waals surface area contributed by atoms with Crippen LogP contribution in [0.5, 0.6) is 0 Å². The zero-order chi connectivity index (χ0) is 58.6. The first kappa shape index (κ1) is 137. The number of carbonyl (C=O) groups is 9. The number of rotatable bonds is 4. The third-order valence-electron chi connectivity index (χ3n) is 5.26. The molecule has 20 heteroatoms. The van der Waals surface area contributed by atoms with Gasteiger partial charge in [-0.1, -0.05) is 105 Å². The van der Waals surface area contributed by atoms with Crippen LogP contribution in [0.3, 0.4) is 0 Å². The number of piperidine rings is 1. The van der Waals surface area contributed by atoms with Crippen molar-refractivity contribution in [2.45, 2.75) is 161 Å². The Hall–Kier alpha value is -4.35. The molecule has 1 heterocycles. The van der Waals surface area contributed by atoms with Crippen LogP contribution >= 0.6 is 0 Å². The van der Waals surface area contributed by atoms with Crippen LogP contribution in [-0.4, -0.2) is 137 Å². The lowest BCUT2D eigenvalue weighted by atomic mass is 10.1. The molecule has 0 unspecified atom stereocenters. The van der Waals surface area contributed by atoms with Crippen LogP contribution in [0.15, 0.2) is 30.3 Å². The molecule has 20 nitrogen and oxygen atoms in total. The molecule has 1 fully saturated rings. The predicted octanol–water partition coefficient (Wildman–Crippen LogP) is 7.49. The third kappa shape index (κ3) is 368. The summed E-state index contributed by atoms with van der Waals surface area (Å²) in [6.07, 6.45) is 7.27. The van der Waals surface area contributed by atoms with E-state index in [1.165, 1.54) is 72.9 Å². The quantitative estimate of drug-likeness (QED) is 0.141. The van der Waals surface area contributed by atoms with Crippen LogP contribution < -0.4 is 47.1 Å². The predicted molar refractivity (Wildman–Crippen MR) is 305 cm³/mol. The van der Waals surface area contributed by atoms with E-state index in [4.69, 9.17) is 48.2 Å². The first-order valence-corrected chi connectivity index (χ1v) is 21.4. The van der Waals surface area contributed by atoms with Gasteiger partial charge in [0.1, 0.15) is 54.3 Å². The zero-order valence-electron chi connectivity index (χ0n) is 49.1. The summed E-state index contributed by atoms with van der Waals surface area (Å²) in [7, 11) is 7.50. The number of amides is 1. The van der Waals surface area contributed by atoms with E-state index in [-0.39, 0.29) is 36.1 Å². The van der Waals surface area contributed by atoms with Gasteiger partial charge in [-0.2, -0.15) is 0 Å². The van der Waals surface area contributed by atoms with E-state index >= 15 is 0 Å². The Labute approximate surface area is 427 Å². The Bertz CT molecular complexity index is 711. The molecule has 1 aromatic rings. The molecule has 1 aromatic carbocycles. The van der Waals surface area contributed by atoms with Crippen LogP contribution in [0.1, 0.15) is 148 Å². The standard InChI is InChI=1S/C8H10.C7H13NO.C6H14O.2C5H12.C3H8O.C2H6.5CH5N.8CH2O.3H3N/c1-2-8-6-4-3-5-7-8;1-7(9)8-5-3-2-4-6-8;1-5-7-6(2,3)4;2*1-4-5(2)3;1-3(2)4;14*1-2;;;/h3-7H,2H2,1H3;2-6H2,1H3;5H2,1-4H3;2*5H,4H2,1-3H3;3-4H,1-2H3;1-2H3;5*2H2,1H3;8*1H2;3*1H3. The summed E-state index contributed by atoms with van der Waals surface area (Å²) in [6, 6.07) is 10.5. The number of likely N-dealkylation sites (tertiary alicyclic amines) is 1. The number of nitrogens with two attached hydrogens (primary N) is 5. The molecule has 1 amide bonds. The van der Waals surface area contributed by atoms with Gasteiger partial charge in [0.25, 0.3) is 0 Å². The molecule has 0 radical (unpaired) electrons. The van der Waals surface area contributed by atoms with E-state index in [0.717, 1.165) is 38.0 Å². The number of nitrogens with zero attached hydrogens (tertiary/aromatic N) is 1. The number of ether oxygens (including phenoxy) is 1. The smallest absolute Gasteiger partial charge is 0.219 e. The van der Waals surface area contributed by atoms with E-state index in [2.05, 4.69) is 122 Å². The molecule has 0 atom stereocenters. The van der Waals surface area contributed by atoms with Crippen molar-refractivity contribution in [1.82, 2.24) is 23.4 Å². The zero-order valence-corrected chi connectivity index (χ0v) is 49.1. The fourth-order valence-corrected chi connectivity index (χ4v) is 2.36. The maximum absolute atomic E-state index is 10.7. The van der Waals surface area contributed by atoms with E-state index in [9.17, 15) is 4.79 Å². The minimum Gasteiger partial charge on any atom is -0.394 e. The van der Waals surface area contributed by atoms with Gasteiger partial charge < -0.3 is 100 Å². The molecule has 1 aliphatic heterocycles. The van der Waals surface area contributed by atoms with Gasteiger partial charge in [0.2, 0.25) is 5.91 Å². The first-order chi connectivity index (χ1) is 31.6. The molecule has 0 bridgehead atoms. The number of aliphatic hydroxyl groups excluding tert-OH is 1. The van der Waals surface area contributed by atoms with Crippen molar-refractivity contribution in [1.29, 1.82) is 0 Å². The van der Waals surface area contributed by atoms with Crippen LogP contribution in [-0.2, 0) is 54.3 Å². The highest BCUT2D eigenvalue weighted by atomic mass is 16.5. The van der Waals surface area contributed by atoms with Crippen molar-refractivity contribution >= 4 is 60.2 Å². The molecule has 69 heavy (non-hydrogen) atoms. The normalized spacial score (nSPS) is 7.77. The average Bonchev–Trinajstić information content (AvgIpc) is 3.40. The highest BCUT2D eigenvalue weighted by Crippen LogP contribution is 2.07. The largest absolute Gasteiger partial charge is 0.394 e. The summed E-state index contributed by atoms with van der Waals surface area (Å²) in [6.45, 7) is 51.5. The number of aryl methyl sites for hydroxylation is 1. The summed E-state index contributed by atoms with van der Waals surface area (Å²) in [5, 5.41) is 8.06. The van der Waals surface area contributed by atoms with E-state index in [1.54, 1.807) is 20.8 Å². The van der Waals surface area contributed by atoms with Crippen molar-refractivity contribution < 1.29 is 53.0 Å². The van der Waals surface area contributed by atoms with E-state index < -0.39 is 0 Å². The van der Waals surface area contributed by atoms with Gasteiger partial charge in [0.05, 0.1) is 5.60 Å². The number of carbonyl (C=O) groups excluding carboxylic acids is 9. The van der Waals surface area contributed by atoms with Gasteiger partial charge in [0.15, 0.2) is 0 Å². The van der Waals surface area contributed by atoms with Crippen LogP contribution in [0, 0.1) is 11.8 Å². The summed E-state index contributed by atoms with van der Waals surface area (Å²) in [4.78, 5) is 76.6. The molecule has 432 valence electrons. The second-order valence-electron chi connectivity index (χ2n) is 11.6. The van der Waals surface area contributed by atoms with Crippen molar-refractivity contribution in [3.8, 4) is 0 Å². The number of aliphatic hydroxyl groups is 1. The monoisotopic (exact) mass is 1020 g/mol. The summed E-state index contributed by atoms with van der Waals surface area (Å²) in [5.41, 5.74) is 24.0. The lowest BCUT2D eigenvalue weighted by Crippen LogP contribution is -2.33. The number of hydrogen-bond acceptors (Lipinski definition) is 19. The Morgan fingerprint density at radius 3 is 0.841 bits per heavy atom. The molecule has 0 aliphatic carbocycles. The summed E-state index contributed by atoms with van der Waals surface area (Å²) in [5.74, 6) is 2.00. The molecule has 1 saturated heterocycles. The van der Waals surface area contributed by atoms with E-state index in [1.807, 2.05) is 86.1 Å². The van der Waals surface area contributed by atoms with Gasteiger partial charge in [-0.25, -0.2) is 0 Å². The highest BCUT2D eigenvalue weighted by molar-refractivity contribution is 5.73. The molecular formula is C49H125N9O11. The Balaban J connectivity index is -0.0000000192. The second kappa shape index (κ2) is 208. The van der Waals surface area contributed by atoms with Crippen LogP contribution in [0.4, 0.5) is 0 Å². The van der Waals surface area contributed by atoms with Crippen molar-refractivity contribution in [2.24, 2.45) is 40.5 Å². The maximum atomic E-state index is 10.7. The van der Waals surface area contributed by atoms with Gasteiger partial charge in [-0.05, 0) is 120 Å². The maximum Gasteiger partial charge on any atom is 0.219 e.